The zero-order valence-corrected chi connectivity index (χ0v) is 19.3. The lowest BCUT2D eigenvalue weighted by Gasteiger charge is -2.40. The van der Waals surface area contributed by atoms with Crippen LogP contribution in [0.25, 0.3) is 0 Å². The van der Waals surface area contributed by atoms with Gasteiger partial charge in [-0.15, -0.1) is 0 Å². The van der Waals surface area contributed by atoms with Crippen LogP contribution >= 0.6 is 0 Å². The number of piperidine rings is 1. The normalized spacial score (nSPS) is 26.8. The van der Waals surface area contributed by atoms with E-state index in [2.05, 4.69) is 14.6 Å². The summed E-state index contributed by atoms with van der Waals surface area (Å²) < 4.78 is 46.5. The van der Waals surface area contributed by atoms with E-state index in [0.29, 0.717) is 25.5 Å². The highest BCUT2D eigenvalue weighted by molar-refractivity contribution is 7.88. The molecule has 0 amide bonds. The Hall–Kier alpha value is -2.03. The lowest BCUT2D eigenvalue weighted by molar-refractivity contribution is -0.00214. The lowest BCUT2D eigenvalue weighted by atomic mass is 9.82. The first-order chi connectivity index (χ1) is 15.4. The fraction of sp³-hybridized carbons (Fsp3) is 0.542. The van der Waals surface area contributed by atoms with Gasteiger partial charge in [-0.05, 0) is 67.9 Å². The number of anilines is 1. The summed E-state index contributed by atoms with van der Waals surface area (Å²) in [6, 6.07) is 12.6. The summed E-state index contributed by atoms with van der Waals surface area (Å²) in [5.41, 5.74) is 1.07. The number of ether oxygens (including phenoxy) is 1. The highest BCUT2D eigenvalue weighted by Gasteiger charge is 2.33. The molecule has 174 valence electrons. The van der Waals surface area contributed by atoms with Crippen LogP contribution in [0.1, 0.15) is 43.6 Å². The second-order valence-electron chi connectivity index (χ2n) is 9.04. The molecule has 4 rings (SSSR count). The summed E-state index contributed by atoms with van der Waals surface area (Å²) in [6.07, 6.45) is 7.67. The molecule has 1 aliphatic carbocycles. The molecule has 0 bridgehead atoms. The quantitative estimate of drug-likeness (QED) is 0.681. The minimum absolute atomic E-state index is 0.0430. The number of nitrogens with zero attached hydrogens (tertiary/aromatic N) is 2. The first-order valence-electron chi connectivity index (χ1n) is 11.4. The van der Waals surface area contributed by atoms with Gasteiger partial charge in [0.2, 0.25) is 10.0 Å². The zero-order valence-electron chi connectivity index (χ0n) is 18.5. The Morgan fingerprint density at radius 1 is 1.12 bits per heavy atom. The fourth-order valence-corrected chi connectivity index (χ4v) is 5.82. The first kappa shape index (κ1) is 23.1. The molecule has 2 heterocycles. The molecule has 0 spiro atoms. The predicted molar refractivity (Wildman–Crippen MR) is 124 cm³/mol. The molecule has 2 fully saturated rings. The van der Waals surface area contributed by atoms with Gasteiger partial charge in [0.15, 0.2) is 0 Å². The van der Waals surface area contributed by atoms with E-state index in [1.807, 2.05) is 24.3 Å². The van der Waals surface area contributed by atoms with Gasteiger partial charge in [-0.3, -0.25) is 0 Å². The van der Waals surface area contributed by atoms with Gasteiger partial charge < -0.3 is 9.64 Å². The van der Waals surface area contributed by atoms with Crippen molar-refractivity contribution in [2.45, 2.75) is 50.2 Å². The number of sulfonamides is 1. The molecule has 1 N–H and O–H groups in total. The maximum atomic E-state index is 13.6. The Morgan fingerprint density at radius 3 is 2.62 bits per heavy atom. The Bertz CT molecular complexity index is 981. The van der Waals surface area contributed by atoms with Crippen LogP contribution in [0, 0.1) is 11.7 Å². The molecule has 2 atom stereocenters. The maximum absolute atomic E-state index is 13.6. The van der Waals surface area contributed by atoms with Crippen LogP contribution in [0.15, 0.2) is 48.7 Å². The van der Waals surface area contributed by atoms with Crippen LogP contribution in [0.5, 0.6) is 0 Å². The topological polar surface area (TPSA) is 71.5 Å². The Morgan fingerprint density at radius 2 is 1.94 bits per heavy atom. The standard InChI is InChI=1S/C24H32FN3O3S/c1-32(29,30)27-23-12-14-28(24-7-2-3-13-26-24)16-20(23)17-31-22-10-8-18(9-11-22)19-5-4-6-21(25)15-19/h2-7,13,15,18,20,22-23,27H,8-12,14,16-17H2,1H3. The van der Waals surface area contributed by atoms with Crippen molar-refractivity contribution in [1.29, 1.82) is 0 Å². The van der Waals surface area contributed by atoms with E-state index >= 15 is 0 Å². The van der Waals surface area contributed by atoms with Crippen LogP contribution in [0.2, 0.25) is 0 Å². The average molecular weight is 462 g/mol. The van der Waals surface area contributed by atoms with Gasteiger partial charge in [0.05, 0.1) is 19.0 Å². The number of nitrogens with one attached hydrogen (secondary N) is 1. The SMILES string of the molecule is CS(=O)(=O)NC1CCN(c2ccccn2)CC1COC1CCC(c2cccc(F)c2)CC1. The van der Waals surface area contributed by atoms with Gasteiger partial charge in [-0.25, -0.2) is 22.5 Å². The second-order valence-corrected chi connectivity index (χ2v) is 10.8. The minimum Gasteiger partial charge on any atom is -0.378 e. The van der Waals surface area contributed by atoms with E-state index < -0.39 is 10.0 Å². The molecule has 1 saturated heterocycles. The highest BCUT2D eigenvalue weighted by atomic mass is 32.2. The largest absolute Gasteiger partial charge is 0.378 e. The molecule has 1 aromatic heterocycles. The summed E-state index contributed by atoms with van der Waals surface area (Å²) in [5, 5.41) is 0. The van der Waals surface area contributed by atoms with E-state index in [-0.39, 0.29) is 23.9 Å². The van der Waals surface area contributed by atoms with Crippen LogP contribution in [-0.4, -0.2) is 51.5 Å². The molecule has 1 aliphatic heterocycles. The van der Waals surface area contributed by atoms with Crippen molar-refractivity contribution in [3.63, 3.8) is 0 Å². The van der Waals surface area contributed by atoms with Crippen LogP contribution < -0.4 is 9.62 Å². The molecule has 1 aromatic carbocycles. The van der Waals surface area contributed by atoms with Crippen molar-refractivity contribution in [3.05, 3.63) is 60.0 Å². The average Bonchev–Trinajstić information content (AvgIpc) is 2.78. The zero-order chi connectivity index (χ0) is 22.6. The number of hydrogen-bond acceptors (Lipinski definition) is 5. The molecular formula is C24H32FN3O3S. The first-order valence-corrected chi connectivity index (χ1v) is 13.3. The van der Waals surface area contributed by atoms with Crippen molar-refractivity contribution < 1.29 is 17.5 Å². The lowest BCUT2D eigenvalue weighted by Crippen LogP contribution is -2.52. The summed E-state index contributed by atoms with van der Waals surface area (Å²) in [7, 11) is -3.29. The molecule has 2 unspecified atom stereocenters. The molecule has 8 heteroatoms. The smallest absolute Gasteiger partial charge is 0.208 e. The molecule has 6 nitrogen and oxygen atoms in total. The Kier molecular flexibility index (Phi) is 7.43. The van der Waals surface area contributed by atoms with Crippen molar-refractivity contribution in [2.75, 3.05) is 30.9 Å². The monoisotopic (exact) mass is 461 g/mol. The summed E-state index contributed by atoms with van der Waals surface area (Å²) >= 11 is 0. The molecular weight excluding hydrogens is 429 g/mol. The number of pyridine rings is 1. The molecule has 1 saturated carbocycles. The summed E-state index contributed by atoms with van der Waals surface area (Å²) in [5.74, 6) is 1.15. The van der Waals surface area contributed by atoms with Gasteiger partial charge >= 0.3 is 0 Å². The molecule has 32 heavy (non-hydrogen) atoms. The van der Waals surface area contributed by atoms with Crippen molar-refractivity contribution in [1.82, 2.24) is 9.71 Å². The second kappa shape index (κ2) is 10.3. The number of rotatable bonds is 7. The van der Waals surface area contributed by atoms with Crippen molar-refractivity contribution in [3.8, 4) is 0 Å². The molecule has 2 aliphatic rings. The van der Waals surface area contributed by atoms with E-state index in [0.717, 1.165) is 43.6 Å². The van der Waals surface area contributed by atoms with E-state index in [1.54, 1.807) is 18.3 Å². The van der Waals surface area contributed by atoms with Gasteiger partial charge in [0.1, 0.15) is 11.6 Å². The van der Waals surface area contributed by atoms with Crippen LogP contribution in [0.3, 0.4) is 0 Å². The Balaban J connectivity index is 1.34. The molecule has 2 aromatic rings. The Labute approximate surface area is 190 Å². The minimum atomic E-state index is -3.29. The van der Waals surface area contributed by atoms with Gasteiger partial charge in [0, 0.05) is 31.2 Å². The predicted octanol–water partition coefficient (Wildman–Crippen LogP) is 3.71. The van der Waals surface area contributed by atoms with Gasteiger partial charge in [-0.1, -0.05) is 18.2 Å². The molecule has 0 radical (unpaired) electrons. The van der Waals surface area contributed by atoms with Crippen LogP contribution in [-0.2, 0) is 14.8 Å². The summed E-state index contributed by atoms with van der Waals surface area (Å²) in [6.45, 7) is 1.95. The van der Waals surface area contributed by atoms with Crippen molar-refractivity contribution in [2.24, 2.45) is 5.92 Å². The highest BCUT2D eigenvalue weighted by Crippen LogP contribution is 2.34. The number of hydrogen-bond donors (Lipinski definition) is 1. The third kappa shape index (κ3) is 6.27. The maximum Gasteiger partial charge on any atom is 0.208 e. The van der Waals surface area contributed by atoms with E-state index in [9.17, 15) is 12.8 Å². The van der Waals surface area contributed by atoms with E-state index in [4.69, 9.17) is 4.74 Å². The fourth-order valence-electron chi connectivity index (χ4n) is 4.96. The third-order valence-electron chi connectivity index (χ3n) is 6.61. The summed E-state index contributed by atoms with van der Waals surface area (Å²) in [4.78, 5) is 6.65. The number of benzene rings is 1. The third-order valence-corrected chi connectivity index (χ3v) is 7.34. The van der Waals surface area contributed by atoms with Crippen LogP contribution in [0.4, 0.5) is 10.2 Å². The van der Waals surface area contributed by atoms with E-state index in [1.165, 1.54) is 12.3 Å². The van der Waals surface area contributed by atoms with Gasteiger partial charge in [-0.2, -0.15) is 0 Å². The van der Waals surface area contributed by atoms with Crippen molar-refractivity contribution >= 4 is 15.8 Å². The number of aromatic nitrogens is 1. The number of halogens is 1. The van der Waals surface area contributed by atoms with Gasteiger partial charge in [0.25, 0.3) is 0 Å².